The Morgan fingerprint density at radius 2 is 2.45 bits per heavy atom. The largest absolute Gasteiger partial charge is 0.278 e. The minimum atomic E-state index is 0.876. The molecule has 0 aliphatic rings. The van der Waals surface area contributed by atoms with Gasteiger partial charge in [-0.2, -0.15) is 5.10 Å². The number of nitrogens with zero attached hydrogens (tertiary/aromatic N) is 1. The molecule has 0 spiro atoms. The van der Waals surface area contributed by atoms with Crippen molar-refractivity contribution in [3.8, 4) is 0 Å². The fourth-order valence-corrected chi connectivity index (χ4v) is 0.992. The van der Waals surface area contributed by atoms with Crippen molar-refractivity contribution in [1.29, 1.82) is 0 Å². The molecule has 0 bridgehead atoms. The Labute approximate surface area is 65.9 Å². The second kappa shape index (κ2) is 3.19. The lowest BCUT2D eigenvalue weighted by molar-refractivity contribution is 1.06. The summed E-state index contributed by atoms with van der Waals surface area (Å²) in [5.74, 6) is 0. The van der Waals surface area contributed by atoms with Gasteiger partial charge in [-0.1, -0.05) is 18.7 Å². The fourth-order valence-electron chi connectivity index (χ4n) is 0.992. The average molecular weight is 148 g/mol. The van der Waals surface area contributed by atoms with E-state index in [-0.39, 0.29) is 0 Å². The molecule has 0 fully saturated rings. The normalized spacial score (nSPS) is 14.0. The number of aromatic nitrogens is 2. The maximum absolute atomic E-state index is 3.88. The quantitative estimate of drug-likeness (QED) is 0.619. The molecule has 2 heteroatoms. The van der Waals surface area contributed by atoms with Crippen LogP contribution in [0.15, 0.2) is 18.3 Å². The molecule has 1 rings (SSSR count). The van der Waals surface area contributed by atoms with Crippen LogP contribution in [-0.4, -0.2) is 10.2 Å². The molecule has 0 aliphatic carbocycles. The molecule has 0 saturated carbocycles. The number of allylic oxidation sites excluding steroid dienone is 2. The third-order valence-electron chi connectivity index (χ3n) is 1.56. The van der Waals surface area contributed by atoms with Crippen LogP contribution in [0.4, 0.5) is 0 Å². The summed E-state index contributed by atoms with van der Waals surface area (Å²) in [6.45, 7) is 7.84. The predicted octanol–water partition coefficient (Wildman–Crippen LogP) is 0.567. The lowest BCUT2D eigenvalue weighted by Gasteiger charge is -1.85. The van der Waals surface area contributed by atoms with E-state index in [1.807, 2.05) is 26.0 Å². The first kappa shape index (κ1) is 7.79. The number of hydrogen-bond acceptors (Lipinski definition) is 1. The van der Waals surface area contributed by atoms with Crippen LogP contribution >= 0.6 is 0 Å². The Hall–Kier alpha value is -1.31. The topological polar surface area (TPSA) is 28.7 Å². The van der Waals surface area contributed by atoms with Gasteiger partial charge in [-0.05, 0) is 19.4 Å². The average Bonchev–Trinajstić information content (AvgIpc) is 2.36. The molecule has 1 aromatic heterocycles. The molecule has 0 atom stereocenters. The Morgan fingerprint density at radius 3 is 2.91 bits per heavy atom. The zero-order valence-corrected chi connectivity index (χ0v) is 6.89. The second-order valence-corrected chi connectivity index (χ2v) is 2.45. The van der Waals surface area contributed by atoms with Crippen LogP contribution < -0.4 is 10.6 Å². The number of H-pyrrole nitrogens is 1. The lowest BCUT2D eigenvalue weighted by atomic mass is 10.2. The minimum absolute atomic E-state index is 0.876. The lowest BCUT2D eigenvalue weighted by Crippen LogP contribution is -2.21. The van der Waals surface area contributed by atoms with Crippen molar-refractivity contribution in [2.45, 2.75) is 13.8 Å². The van der Waals surface area contributed by atoms with Gasteiger partial charge in [-0.25, -0.2) is 0 Å². The Morgan fingerprint density at radius 1 is 1.73 bits per heavy atom. The Kier molecular flexibility index (Phi) is 2.26. The van der Waals surface area contributed by atoms with E-state index in [2.05, 4.69) is 16.8 Å². The van der Waals surface area contributed by atoms with E-state index in [9.17, 15) is 0 Å². The fraction of sp³-hybridized carbons (Fsp3) is 0.222. The molecule has 1 N–H and O–H groups in total. The molecule has 11 heavy (non-hydrogen) atoms. The van der Waals surface area contributed by atoms with Gasteiger partial charge in [0.05, 0.1) is 11.5 Å². The minimum Gasteiger partial charge on any atom is -0.278 e. The molecule has 1 heterocycles. The summed E-state index contributed by atoms with van der Waals surface area (Å²) in [5.41, 5.74) is 1.19. The standard InChI is InChI=1S/C9H12N2/c1-4-5-7(2)9-6-10-11-8(9)3/h4-6,11H,3H2,1-2H3/b5-4-,9-7-. The monoisotopic (exact) mass is 148 g/mol. The number of aromatic amines is 1. The van der Waals surface area contributed by atoms with Crippen LogP contribution in [0.5, 0.6) is 0 Å². The zero-order valence-electron chi connectivity index (χ0n) is 6.89. The number of nitrogens with one attached hydrogen (secondary N) is 1. The van der Waals surface area contributed by atoms with Crippen molar-refractivity contribution in [3.63, 3.8) is 0 Å². The van der Waals surface area contributed by atoms with E-state index in [4.69, 9.17) is 0 Å². The summed E-state index contributed by atoms with van der Waals surface area (Å²) in [6, 6.07) is 0. The molecule has 0 amide bonds. The SMILES string of the molecule is C=c1[nH]nc/c1=C(C)/C=C\C. The predicted molar refractivity (Wildman–Crippen MR) is 47.3 cm³/mol. The molecule has 1 aromatic rings. The third-order valence-corrected chi connectivity index (χ3v) is 1.56. The highest BCUT2D eigenvalue weighted by Gasteiger charge is 1.87. The molecule has 0 radical (unpaired) electrons. The smallest absolute Gasteiger partial charge is 0.0581 e. The summed E-state index contributed by atoms with van der Waals surface area (Å²) in [5, 5.41) is 8.64. The van der Waals surface area contributed by atoms with E-state index < -0.39 is 0 Å². The third kappa shape index (κ3) is 1.58. The first-order valence-electron chi connectivity index (χ1n) is 3.57. The number of hydrogen-bond donors (Lipinski definition) is 1. The molecule has 58 valence electrons. The van der Waals surface area contributed by atoms with Crippen LogP contribution in [0.3, 0.4) is 0 Å². The summed E-state index contributed by atoms with van der Waals surface area (Å²) < 4.78 is 0. The van der Waals surface area contributed by atoms with E-state index in [1.165, 1.54) is 5.57 Å². The highest BCUT2D eigenvalue weighted by molar-refractivity contribution is 5.53. The van der Waals surface area contributed by atoms with Crippen molar-refractivity contribution in [3.05, 3.63) is 28.9 Å². The summed E-state index contributed by atoms with van der Waals surface area (Å²) in [7, 11) is 0. The van der Waals surface area contributed by atoms with Crippen molar-refractivity contribution < 1.29 is 0 Å². The first-order valence-corrected chi connectivity index (χ1v) is 3.57. The molecule has 0 unspecified atom stereocenters. The van der Waals surface area contributed by atoms with Crippen LogP contribution in [0.2, 0.25) is 0 Å². The van der Waals surface area contributed by atoms with Crippen LogP contribution in [0.1, 0.15) is 13.8 Å². The zero-order chi connectivity index (χ0) is 8.27. The van der Waals surface area contributed by atoms with E-state index in [0.717, 1.165) is 10.6 Å². The summed E-state index contributed by atoms with van der Waals surface area (Å²) in [4.78, 5) is 0. The molecule has 0 aromatic carbocycles. The van der Waals surface area contributed by atoms with Gasteiger partial charge in [-0.3, -0.25) is 5.10 Å². The van der Waals surface area contributed by atoms with Gasteiger partial charge in [0, 0.05) is 5.22 Å². The van der Waals surface area contributed by atoms with Gasteiger partial charge in [-0.15, -0.1) is 0 Å². The summed E-state index contributed by atoms with van der Waals surface area (Å²) >= 11 is 0. The van der Waals surface area contributed by atoms with Gasteiger partial charge in [0.15, 0.2) is 0 Å². The van der Waals surface area contributed by atoms with Crippen molar-refractivity contribution in [2.75, 3.05) is 0 Å². The molecular weight excluding hydrogens is 136 g/mol. The molecule has 0 aliphatic heterocycles. The Balaban J connectivity index is 3.38. The maximum Gasteiger partial charge on any atom is 0.0581 e. The van der Waals surface area contributed by atoms with Crippen LogP contribution in [0, 0.1) is 0 Å². The van der Waals surface area contributed by atoms with Crippen LogP contribution in [-0.2, 0) is 0 Å². The second-order valence-electron chi connectivity index (χ2n) is 2.45. The first-order chi connectivity index (χ1) is 5.25. The highest BCUT2D eigenvalue weighted by atomic mass is 15.1. The Bertz CT molecular complexity index is 357. The molecule has 2 nitrogen and oxygen atoms in total. The van der Waals surface area contributed by atoms with Crippen molar-refractivity contribution >= 4 is 12.2 Å². The van der Waals surface area contributed by atoms with Crippen LogP contribution in [0.25, 0.3) is 12.2 Å². The molecular formula is C9H12N2. The van der Waals surface area contributed by atoms with Gasteiger partial charge in [0.1, 0.15) is 0 Å². The van der Waals surface area contributed by atoms with Crippen molar-refractivity contribution in [2.24, 2.45) is 0 Å². The van der Waals surface area contributed by atoms with E-state index >= 15 is 0 Å². The molecule has 0 saturated heterocycles. The number of rotatable bonds is 1. The highest BCUT2D eigenvalue weighted by Crippen LogP contribution is 1.89. The van der Waals surface area contributed by atoms with Crippen molar-refractivity contribution in [1.82, 2.24) is 10.2 Å². The van der Waals surface area contributed by atoms with Gasteiger partial charge < -0.3 is 0 Å². The van der Waals surface area contributed by atoms with Gasteiger partial charge in [0.2, 0.25) is 0 Å². The van der Waals surface area contributed by atoms with E-state index in [1.54, 1.807) is 6.20 Å². The maximum atomic E-state index is 3.88. The van der Waals surface area contributed by atoms with Gasteiger partial charge in [0.25, 0.3) is 0 Å². The van der Waals surface area contributed by atoms with Gasteiger partial charge >= 0.3 is 0 Å². The van der Waals surface area contributed by atoms with E-state index in [0.29, 0.717) is 0 Å². The summed E-state index contributed by atoms with van der Waals surface area (Å²) in [6.07, 6.45) is 5.83.